The van der Waals surface area contributed by atoms with Gasteiger partial charge in [-0.3, -0.25) is 9.59 Å². The third-order valence-corrected chi connectivity index (χ3v) is 4.94. The molecular formula is C22H21N3O4. The Morgan fingerprint density at radius 1 is 1.14 bits per heavy atom. The lowest BCUT2D eigenvalue weighted by atomic mass is 10.1. The zero-order valence-corrected chi connectivity index (χ0v) is 16.1. The van der Waals surface area contributed by atoms with Crippen molar-refractivity contribution in [1.29, 1.82) is 0 Å². The lowest BCUT2D eigenvalue weighted by Gasteiger charge is -2.16. The molecule has 2 heterocycles. The highest BCUT2D eigenvalue weighted by atomic mass is 16.5. The zero-order valence-electron chi connectivity index (χ0n) is 16.1. The van der Waals surface area contributed by atoms with Gasteiger partial charge in [0.2, 0.25) is 11.8 Å². The van der Waals surface area contributed by atoms with Gasteiger partial charge in [-0.2, -0.15) is 0 Å². The monoisotopic (exact) mass is 391 g/mol. The van der Waals surface area contributed by atoms with E-state index in [1.165, 1.54) is 5.56 Å². The summed E-state index contributed by atoms with van der Waals surface area (Å²) in [5, 5.41) is 7.88. The Bertz CT molecular complexity index is 998. The van der Waals surface area contributed by atoms with Gasteiger partial charge in [-0.25, -0.2) is 0 Å². The van der Waals surface area contributed by atoms with Crippen molar-refractivity contribution in [2.45, 2.75) is 26.4 Å². The normalized spacial score (nSPS) is 16.2. The maximum Gasteiger partial charge on any atom is 0.311 e. The van der Waals surface area contributed by atoms with Gasteiger partial charge in [0.1, 0.15) is 0 Å². The number of rotatable bonds is 6. The Kier molecular flexibility index (Phi) is 5.37. The maximum atomic E-state index is 12.4. The van der Waals surface area contributed by atoms with Gasteiger partial charge in [-0.05, 0) is 36.2 Å². The fraction of sp³-hybridized carbons (Fsp3) is 0.273. The standard InChI is InChI=1S/C22H21N3O4/c1-2-15-8-10-18(11-9-15)25-13-17(12-20(25)26)22(27)28-14-19-23-24-21(29-19)16-6-4-3-5-7-16/h3-11,17H,2,12-14H2,1H3/t17-/m1/s1. The molecule has 0 saturated carbocycles. The first-order chi connectivity index (χ1) is 14.1. The highest BCUT2D eigenvalue weighted by Crippen LogP contribution is 2.26. The Labute approximate surface area is 168 Å². The molecule has 1 saturated heterocycles. The van der Waals surface area contributed by atoms with Gasteiger partial charge in [0, 0.05) is 24.2 Å². The van der Waals surface area contributed by atoms with E-state index in [9.17, 15) is 9.59 Å². The number of benzene rings is 2. The molecule has 0 N–H and O–H groups in total. The summed E-state index contributed by atoms with van der Waals surface area (Å²) < 4.78 is 10.9. The largest absolute Gasteiger partial charge is 0.455 e. The molecule has 7 nitrogen and oxygen atoms in total. The van der Waals surface area contributed by atoms with Gasteiger partial charge < -0.3 is 14.1 Å². The average Bonchev–Trinajstić information content (AvgIpc) is 3.40. The molecule has 29 heavy (non-hydrogen) atoms. The highest BCUT2D eigenvalue weighted by molar-refractivity contribution is 5.99. The molecule has 1 fully saturated rings. The van der Waals surface area contributed by atoms with Crippen LogP contribution in [0.5, 0.6) is 0 Å². The Balaban J connectivity index is 1.34. The number of aromatic nitrogens is 2. The predicted molar refractivity (Wildman–Crippen MR) is 106 cm³/mol. The summed E-state index contributed by atoms with van der Waals surface area (Å²) in [6.45, 7) is 2.27. The topological polar surface area (TPSA) is 85.5 Å². The number of aryl methyl sites for hydroxylation is 1. The van der Waals surface area contributed by atoms with Crippen molar-refractivity contribution < 1.29 is 18.7 Å². The molecule has 148 valence electrons. The SMILES string of the molecule is CCc1ccc(N2C[C@H](C(=O)OCc3nnc(-c4ccccc4)o3)CC2=O)cc1. The molecule has 2 aromatic carbocycles. The van der Waals surface area contributed by atoms with Crippen LogP contribution in [0.4, 0.5) is 5.69 Å². The van der Waals surface area contributed by atoms with Crippen molar-refractivity contribution in [2.24, 2.45) is 5.92 Å². The van der Waals surface area contributed by atoms with Gasteiger partial charge >= 0.3 is 5.97 Å². The van der Waals surface area contributed by atoms with E-state index in [4.69, 9.17) is 9.15 Å². The van der Waals surface area contributed by atoms with E-state index >= 15 is 0 Å². The number of nitrogens with zero attached hydrogens (tertiary/aromatic N) is 3. The molecule has 0 aliphatic carbocycles. The van der Waals surface area contributed by atoms with E-state index in [-0.39, 0.29) is 24.8 Å². The molecule has 1 atom stereocenters. The quantitative estimate of drug-likeness (QED) is 0.599. The summed E-state index contributed by atoms with van der Waals surface area (Å²) in [7, 11) is 0. The number of carbonyl (C=O) groups is 2. The van der Waals surface area contributed by atoms with Gasteiger partial charge in [0.25, 0.3) is 5.89 Å². The lowest BCUT2D eigenvalue weighted by molar-refractivity contribution is -0.150. The molecule has 1 amide bonds. The van der Waals surface area contributed by atoms with Crippen LogP contribution >= 0.6 is 0 Å². The number of esters is 1. The first-order valence-electron chi connectivity index (χ1n) is 9.57. The molecule has 4 rings (SSSR count). The number of carbonyl (C=O) groups excluding carboxylic acids is 2. The van der Waals surface area contributed by atoms with Crippen LogP contribution in [0.1, 0.15) is 24.8 Å². The molecule has 0 spiro atoms. The second kappa shape index (κ2) is 8.26. The van der Waals surface area contributed by atoms with Gasteiger partial charge in [-0.15, -0.1) is 10.2 Å². The summed E-state index contributed by atoms with van der Waals surface area (Å²) >= 11 is 0. The van der Waals surface area contributed by atoms with Crippen LogP contribution in [0.3, 0.4) is 0 Å². The second-order valence-corrected chi connectivity index (χ2v) is 6.90. The van der Waals surface area contributed by atoms with E-state index in [1.54, 1.807) is 4.90 Å². The average molecular weight is 391 g/mol. The number of hydrogen-bond donors (Lipinski definition) is 0. The first-order valence-corrected chi connectivity index (χ1v) is 9.57. The Morgan fingerprint density at radius 2 is 1.90 bits per heavy atom. The fourth-order valence-electron chi connectivity index (χ4n) is 3.29. The van der Waals surface area contributed by atoms with Crippen LogP contribution in [-0.2, 0) is 27.4 Å². The van der Waals surface area contributed by atoms with Crippen molar-refractivity contribution in [3.8, 4) is 11.5 Å². The maximum absolute atomic E-state index is 12.4. The van der Waals surface area contributed by atoms with E-state index in [2.05, 4.69) is 17.1 Å². The van der Waals surface area contributed by atoms with Crippen molar-refractivity contribution in [3.63, 3.8) is 0 Å². The van der Waals surface area contributed by atoms with E-state index in [1.807, 2.05) is 54.6 Å². The van der Waals surface area contributed by atoms with Crippen LogP contribution in [-0.4, -0.2) is 28.6 Å². The third-order valence-electron chi connectivity index (χ3n) is 4.94. The molecule has 0 bridgehead atoms. The first kappa shape index (κ1) is 18.9. The molecule has 0 radical (unpaired) electrons. The smallest absolute Gasteiger partial charge is 0.311 e. The Morgan fingerprint density at radius 3 is 2.62 bits per heavy atom. The number of anilines is 1. The summed E-state index contributed by atoms with van der Waals surface area (Å²) in [6, 6.07) is 17.2. The second-order valence-electron chi connectivity index (χ2n) is 6.90. The Hall–Kier alpha value is -3.48. The minimum absolute atomic E-state index is 0.0830. The van der Waals surface area contributed by atoms with E-state index < -0.39 is 11.9 Å². The van der Waals surface area contributed by atoms with Crippen molar-refractivity contribution in [1.82, 2.24) is 10.2 Å². The molecule has 1 aliphatic rings. The number of amides is 1. The summed E-state index contributed by atoms with van der Waals surface area (Å²) in [4.78, 5) is 26.4. The van der Waals surface area contributed by atoms with Crippen LogP contribution in [0.15, 0.2) is 59.0 Å². The van der Waals surface area contributed by atoms with Crippen molar-refractivity contribution >= 4 is 17.6 Å². The minimum atomic E-state index is -0.509. The van der Waals surface area contributed by atoms with Crippen molar-refractivity contribution in [3.05, 3.63) is 66.1 Å². The van der Waals surface area contributed by atoms with Gasteiger partial charge in [-0.1, -0.05) is 37.3 Å². The van der Waals surface area contributed by atoms with Crippen molar-refractivity contribution in [2.75, 3.05) is 11.4 Å². The summed E-state index contributed by atoms with van der Waals surface area (Å²) in [6.07, 6.45) is 1.07. The molecule has 3 aromatic rings. The molecule has 1 aromatic heterocycles. The molecule has 0 unspecified atom stereocenters. The van der Waals surface area contributed by atoms with Crippen LogP contribution < -0.4 is 4.90 Å². The lowest BCUT2D eigenvalue weighted by Crippen LogP contribution is -2.26. The fourth-order valence-corrected chi connectivity index (χ4v) is 3.29. The third kappa shape index (κ3) is 4.18. The number of hydrogen-bond acceptors (Lipinski definition) is 6. The van der Waals surface area contributed by atoms with E-state index in [0.717, 1.165) is 17.7 Å². The number of ether oxygens (including phenoxy) is 1. The zero-order chi connectivity index (χ0) is 20.2. The predicted octanol–water partition coefficient (Wildman–Crippen LogP) is 3.40. The van der Waals surface area contributed by atoms with Gasteiger partial charge in [0.15, 0.2) is 6.61 Å². The molecular weight excluding hydrogens is 370 g/mol. The van der Waals surface area contributed by atoms with E-state index in [0.29, 0.717) is 12.4 Å². The molecule has 1 aliphatic heterocycles. The van der Waals surface area contributed by atoms with Gasteiger partial charge in [0.05, 0.1) is 5.92 Å². The molecule has 7 heteroatoms. The minimum Gasteiger partial charge on any atom is -0.455 e. The summed E-state index contributed by atoms with van der Waals surface area (Å²) in [5.41, 5.74) is 2.79. The van der Waals surface area contributed by atoms with Crippen LogP contribution in [0, 0.1) is 5.92 Å². The highest BCUT2D eigenvalue weighted by Gasteiger charge is 2.36. The van der Waals surface area contributed by atoms with Crippen LogP contribution in [0.2, 0.25) is 0 Å². The van der Waals surface area contributed by atoms with Crippen LogP contribution in [0.25, 0.3) is 11.5 Å². The summed E-state index contributed by atoms with van der Waals surface area (Å²) in [5.74, 6) is -0.446.